The van der Waals surface area contributed by atoms with Crippen molar-refractivity contribution in [2.75, 3.05) is 7.05 Å². The maximum atomic E-state index is 12.7. The van der Waals surface area contributed by atoms with Gasteiger partial charge in [-0.05, 0) is 18.2 Å². The Bertz CT molecular complexity index is 810. The number of hydrogen-bond donors (Lipinski definition) is 1. The Balaban J connectivity index is 2.48. The summed E-state index contributed by atoms with van der Waals surface area (Å²) in [5.41, 5.74) is -1.75. The lowest BCUT2D eigenvalue weighted by atomic mass is 10.2. The van der Waals surface area contributed by atoms with Crippen LogP contribution in [0.15, 0.2) is 53.6 Å². The summed E-state index contributed by atoms with van der Waals surface area (Å²) in [7, 11) is 1.57. The Morgan fingerprint density at radius 3 is 2.70 bits per heavy atom. The van der Waals surface area contributed by atoms with E-state index in [1.807, 2.05) is 0 Å². The predicted octanol–water partition coefficient (Wildman–Crippen LogP) is 2.17. The first kappa shape index (κ1) is 16.5. The van der Waals surface area contributed by atoms with E-state index in [4.69, 9.17) is 0 Å². The summed E-state index contributed by atoms with van der Waals surface area (Å²) in [6.07, 6.45) is -0.856. The van der Waals surface area contributed by atoms with E-state index in [-0.39, 0.29) is 11.4 Å². The summed E-state index contributed by atoms with van der Waals surface area (Å²) in [4.78, 5) is 23.6. The Labute approximate surface area is 129 Å². The first-order valence-electron chi connectivity index (χ1n) is 6.48. The maximum Gasteiger partial charge on any atom is 0.416 e. The normalized spacial score (nSPS) is 11.7. The molecule has 1 aromatic heterocycles. The molecule has 0 radical (unpaired) electrons. The van der Waals surface area contributed by atoms with Gasteiger partial charge in [-0.2, -0.15) is 18.3 Å². The van der Waals surface area contributed by atoms with Crippen LogP contribution >= 0.6 is 0 Å². The minimum absolute atomic E-state index is 0.0893. The summed E-state index contributed by atoms with van der Waals surface area (Å²) in [6.45, 7) is 0. The third kappa shape index (κ3) is 3.85. The van der Waals surface area contributed by atoms with Crippen LogP contribution in [0, 0.1) is 0 Å². The van der Waals surface area contributed by atoms with Crippen molar-refractivity contribution in [3.05, 3.63) is 70.3 Å². The SMILES string of the molecule is CNC=CC(=O)c1nn(-c2cccc(C(F)(F)F)c2)ccc1=O. The molecule has 5 nitrogen and oxygen atoms in total. The zero-order valence-electron chi connectivity index (χ0n) is 12.0. The van der Waals surface area contributed by atoms with E-state index in [0.717, 1.165) is 29.0 Å². The number of nitrogens with one attached hydrogen (secondary N) is 1. The lowest BCUT2D eigenvalue weighted by Crippen LogP contribution is -2.20. The second kappa shape index (κ2) is 6.47. The molecule has 0 aliphatic rings. The van der Waals surface area contributed by atoms with Crippen molar-refractivity contribution in [1.82, 2.24) is 15.1 Å². The number of allylic oxidation sites excluding steroid dienone is 1. The Hall–Kier alpha value is -2.90. The number of halogens is 3. The highest BCUT2D eigenvalue weighted by Gasteiger charge is 2.30. The Kier molecular flexibility index (Phi) is 4.63. The van der Waals surface area contributed by atoms with Gasteiger partial charge in [-0.25, -0.2) is 4.68 Å². The number of carbonyl (C=O) groups excluding carboxylic acids is 1. The van der Waals surface area contributed by atoms with Crippen molar-refractivity contribution in [2.24, 2.45) is 0 Å². The number of hydrogen-bond acceptors (Lipinski definition) is 4. The van der Waals surface area contributed by atoms with Gasteiger partial charge in [0.1, 0.15) is 0 Å². The highest BCUT2D eigenvalue weighted by Crippen LogP contribution is 2.30. The fourth-order valence-electron chi connectivity index (χ4n) is 1.78. The van der Waals surface area contributed by atoms with Gasteiger partial charge in [0.15, 0.2) is 5.69 Å². The summed E-state index contributed by atoms with van der Waals surface area (Å²) in [5, 5.41) is 6.42. The van der Waals surface area contributed by atoms with E-state index in [2.05, 4.69) is 10.4 Å². The van der Waals surface area contributed by atoms with E-state index in [1.54, 1.807) is 7.05 Å². The smallest absolute Gasteiger partial charge is 0.394 e. The quantitative estimate of drug-likeness (QED) is 0.692. The molecule has 0 bridgehead atoms. The van der Waals surface area contributed by atoms with Crippen molar-refractivity contribution in [3.63, 3.8) is 0 Å². The number of ketones is 1. The van der Waals surface area contributed by atoms with Crippen LogP contribution in [0.2, 0.25) is 0 Å². The van der Waals surface area contributed by atoms with Crippen LogP contribution in [0.25, 0.3) is 5.69 Å². The topological polar surface area (TPSA) is 64.0 Å². The molecule has 1 N–H and O–H groups in total. The largest absolute Gasteiger partial charge is 0.416 e. The molecule has 1 aromatic carbocycles. The lowest BCUT2D eigenvalue weighted by molar-refractivity contribution is -0.137. The minimum Gasteiger partial charge on any atom is -0.394 e. The summed E-state index contributed by atoms with van der Waals surface area (Å²) in [6, 6.07) is 5.50. The van der Waals surface area contributed by atoms with Crippen molar-refractivity contribution >= 4 is 5.78 Å². The predicted molar refractivity (Wildman–Crippen MR) is 77.4 cm³/mol. The fourth-order valence-corrected chi connectivity index (χ4v) is 1.78. The van der Waals surface area contributed by atoms with Gasteiger partial charge in [-0.15, -0.1) is 0 Å². The number of rotatable bonds is 4. The molecule has 0 atom stereocenters. The summed E-state index contributed by atoms with van der Waals surface area (Å²) in [5.74, 6) is -0.648. The molecule has 0 spiro atoms. The van der Waals surface area contributed by atoms with Gasteiger partial charge in [-0.1, -0.05) is 6.07 Å². The molecular weight excluding hydrogens is 311 g/mol. The van der Waals surface area contributed by atoms with Crippen LogP contribution < -0.4 is 10.7 Å². The number of nitrogens with zero attached hydrogens (tertiary/aromatic N) is 2. The molecular formula is C15H12F3N3O2. The van der Waals surface area contributed by atoms with Gasteiger partial charge in [-0.3, -0.25) is 9.59 Å². The number of aromatic nitrogens is 2. The van der Waals surface area contributed by atoms with Crippen LogP contribution in [-0.4, -0.2) is 22.6 Å². The molecule has 0 unspecified atom stereocenters. The molecule has 0 fully saturated rings. The zero-order chi connectivity index (χ0) is 17.0. The molecule has 0 aliphatic heterocycles. The highest BCUT2D eigenvalue weighted by atomic mass is 19.4. The molecule has 23 heavy (non-hydrogen) atoms. The van der Waals surface area contributed by atoms with Gasteiger partial charge in [0.2, 0.25) is 11.2 Å². The standard InChI is InChI=1S/C15H12F3N3O2/c1-19-7-5-12(22)14-13(23)6-8-21(20-14)11-4-2-3-10(9-11)15(16,17)18/h2-9,19H,1H3. The number of carbonyl (C=O) groups is 1. The fraction of sp³-hybridized carbons (Fsp3) is 0.133. The van der Waals surface area contributed by atoms with Crippen LogP contribution in [-0.2, 0) is 6.18 Å². The molecule has 0 saturated carbocycles. The third-order valence-corrected chi connectivity index (χ3v) is 2.88. The van der Waals surface area contributed by atoms with Crippen LogP contribution in [0.4, 0.5) is 13.2 Å². The Morgan fingerprint density at radius 2 is 2.04 bits per heavy atom. The van der Waals surface area contributed by atoms with Gasteiger partial charge >= 0.3 is 6.18 Å². The average Bonchev–Trinajstić information content (AvgIpc) is 2.52. The Morgan fingerprint density at radius 1 is 1.30 bits per heavy atom. The molecule has 0 aliphatic carbocycles. The molecule has 0 amide bonds. The van der Waals surface area contributed by atoms with Crippen molar-refractivity contribution in [3.8, 4) is 5.69 Å². The molecule has 120 valence electrons. The second-order valence-electron chi connectivity index (χ2n) is 4.51. The van der Waals surface area contributed by atoms with E-state index < -0.39 is 23.0 Å². The number of alkyl halides is 3. The minimum atomic E-state index is -4.50. The number of benzene rings is 1. The van der Waals surface area contributed by atoms with Crippen LogP contribution in [0.5, 0.6) is 0 Å². The molecule has 1 heterocycles. The van der Waals surface area contributed by atoms with Crippen LogP contribution in [0.3, 0.4) is 0 Å². The van der Waals surface area contributed by atoms with Gasteiger partial charge in [0, 0.05) is 31.6 Å². The van der Waals surface area contributed by atoms with Gasteiger partial charge < -0.3 is 5.32 Å². The monoisotopic (exact) mass is 323 g/mol. The van der Waals surface area contributed by atoms with Gasteiger partial charge in [0.05, 0.1) is 11.3 Å². The zero-order valence-corrected chi connectivity index (χ0v) is 12.0. The molecule has 2 rings (SSSR count). The van der Waals surface area contributed by atoms with E-state index >= 15 is 0 Å². The molecule has 2 aromatic rings. The second-order valence-corrected chi connectivity index (χ2v) is 4.51. The van der Waals surface area contributed by atoms with E-state index in [0.29, 0.717) is 0 Å². The van der Waals surface area contributed by atoms with E-state index in [1.165, 1.54) is 24.5 Å². The first-order valence-corrected chi connectivity index (χ1v) is 6.48. The summed E-state index contributed by atoms with van der Waals surface area (Å²) < 4.78 is 39.3. The lowest BCUT2D eigenvalue weighted by Gasteiger charge is -2.10. The highest BCUT2D eigenvalue weighted by molar-refractivity contribution is 6.02. The van der Waals surface area contributed by atoms with Crippen molar-refractivity contribution < 1.29 is 18.0 Å². The van der Waals surface area contributed by atoms with Crippen molar-refractivity contribution in [2.45, 2.75) is 6.18 Å². The maximum absolute atomic E-state index is 12.7. The average molecular weight is 323 g/mol. The first-order chi connectivity index (χ1) is 10.8. The third-order valence-electron chi connectivity index (χ3n) is 2.88. The van der Waals surface area contributed by atoms with Gasteiger partial charge in [0.25, 0.3) is 0 Å². The molecule has 8 heteroatoms. The van der Waals surface area contributed by atoms with E-state index in [9.17, 15) is 22.8 Å². The van der Waals surface area contributed by atoms with Crippen LogP contribution in [0.1, 0.15) is 16.1 Å². The van der Waals surface area contributed by atoms with Crippen molar-refractivity contribution in [1.29, 1.82) is 0 Å². The molecule has 0 saturated heterocycles. The summed E-state index contributed by atoms with van der Waals surface area (Å²) >= 11 is 0.